The highest BCUT2D eigenvalue weighted by atomic mass is 19.1. The van der Waals surface area contributed by atoms with Gasteiger partial charge in [0, 0.05) is 5.69 Å². The summed E-state index contributed by atoms with van der Waals surface area (Å²) in [4.78, 5) is 11.8. The molecule has 0 aliphatic carbocycles. The lowest BCUT2D eigenvalue weighted by Gasteiger charge is -2.08. The first kappa shape index (κ1) is 13.6. The van der Waals surface area contributed by atoms with Crippen molar-refractivity contribution in [3.05, 3.63) is 59.9 Å². The topological polar surface area (TPSA) is 64.9 Å². The maximum atomic E-state index is 12.7. The third-order valence-corrected chi connectivity index (χ3v) is 2.62. The molecule has 2 rings (SSSR count). The standard InChI is InChI=1S/C15H12FN3O/c16-12-5-7-13(8-6-12)18-10-15(20)19-14-4-2-1-3-11(14)9-17/h1-8,18H,10H2,(H,19,20). The van der Waals surface area contributed by atoms with Crippen LogP contribution in [-0.2, 0) is 4.79 Å². The number of rotatable bonds is 4. The maximum Gasteiger partial charge on any atom is 0.243 e. The van der Waals surface area contributed by atoms with Crippen LogP contribution in [0.2, 0.25) is 0 Å². The van der Waals surface area contributed by atoms with Crippen LogP contribution in [0.1, 0.15) is 5.56 Å². The smallest absolute Gasteiger partial charge is 0.243 e. The molecule has 0 fully saturated rings. The summed E-state index contributed by atoms with van der Waals surface area (Å²) in [6.45, 7) is 0.0331. The van der Waals surface area contributed by atoms with E-state index in [-0.39, 0.29) is 18.3 Å². The Morgan fingerprint density at radius 2 is 1.85 bits per heavy atom. The summed E-state index contributed by atoms with van der Waals surface area (Å²) in [6.07, 6.45) is 0. The highest BCUT2D eigenvalue weighted by molar-refractivity contribution is 5.94. The van der Waals surface area contributed by atoms with E-state index in [2.05, 4.69) is 10.6 Å². The number of hydrogen-bond acceptors (Lipinski definition) is 3. The molecule has 0 aliphatic rings. The SMILES string of the molecule is N#Cc1ccccc1NC(=O)CNc1ccc(F)cc1. The van der Waals surface area contributed by atoms with E-state index in [0.29, 0.717) is 16.9 Å². The van der Waals surface area contributed by atoms with E-state index < -0.39 is 0 Å². The van der Waals surface area contributed by atoms with Gasteiger partial charge in [0.2, 0.25) is 5.91 Å². The van der Waals surface area contributed by atoms with Gasteiger partial charge in [-0.15, -0.1) is 0 Å². The number of benzene rings is 2. The molecule has 2 N–H and O–H groups in total. The van der Waals surface area contributed by atoms with E-state index in [9.17, 15) is 9.18 Å². The first-order valence-corrected chi connectivity index (χ1v) is 5.97. The van der Waals surface area contributed by atoms with Gasteiger partial charge in [0.05, 0.1) is 17.8 Å². The minimum Gasteiger partial charge on any atom is -0.376 e. The van der Waals surface area contributed by atoms with Crippen molar-refractivity contribution < 1.29 is 9.18 Å². The van der Waals surface area contributed by atoms with Crippen LogP contribution < -0.4 is 10.6 Å². The Labute approximate surface area is 115 Å². The van der Waals surface area contributed by atoms with Crippen LogP contribution in [0, 0.1) is 17.1 Å². The predicted molar refractivity (Wildman–Crippen MR) is 74.7 cm³/mol. The molecule has 0 unspecified atom stereocenters. The zero-order valence-corrected chi connectivity index (χ0v) is 10.6. The van der Waals surface area contributed by atoms with Gasteiger partial charge in [0.25, 0.3) is 0 Å². The summed E-state index contributed by atoms with van der Waals surface area (Å²) in [5.41, 5.74) is 1.53. The molecule has 0 radical (unpaired) electrons. The second-order valence-electron chi connectivity index (χ2n) is 4.07. The Morgan fingerprint density at radius 1 is 1.15 bits per heavy atom. The summed E-state index contributed by atoms with van der Waals surface area (Å²) in [7, 11) is 0. The van der Waals surface area contributed by atoms with Crippen molar-refractivity contribution in [2.45, 2.75) is 0 Å². The lowest BCUT2D eigenvalue weighted by Crippen LogP contribution is -2.22. The predicted octanol–water partition coefficient (Wildman–Crippen LogP) is 2.75. The number of nitrogens with one attached hydrogen (secondary N) is 2. The summed E-state index contributed by atoms with van der Waals surface area (Å²) in [5.74, 6) is -0.611. The third-order valence-electron chi connectivity index (χ3n) is 2.62. The molecule has 5 heteroatoms. The molecule has 4 nitrogen and oxygen atoms in total. The van der Waals surface area contributed by atoms with Crippen molar-refractivity contribution in [3.63, 3.8) is 0 Å². The van der Waals surface area contributed by atoms with Gasteiger partial charge in [-0.05, 0) is 36.4 Å². The van der Waals surface area contributed by atoms with E-state index in [4.69, 9.17) is 5.26 Å². The fraction of sp³-hybridized carbons (Fsp3) is 0.0667. The Bertz CT molecular complexity index is 647. The highest BCUT2D eigenvalue weighted by Gasteiger charge is 2.05. The molecule has 1 amide bonds. The van der Waals surface area contributed by atoms with Gasteiger partial charge >= 0.3 is 0 Å². The number of hydrogen-bond donors (Lipinski definition) is 2. The first-order valence-electron chi connectivity index (χ1n) is 5.97. The molecular formula is C15H12FN3O. The molecule has 0 atom stereocenters. The number of carbonyl (C=O) groups is 1. The lowest BCUT2D eigenvalue weighted by molar-refractivity contribution is -0.114. The summed E-state index contributed by atoms with van der Waals surface area (Å²) in [6, 6.07) is 14.5. The van der Waals surface area contributed by atoms with Crippen molar-refractivity contribution in [1.82, 2.24) is 0 Å². The van der Waals surface area contributed by atoms with Gasteiger partial charge in [0.15, 0.2) is 0 Å². The van der Waals surface area contributed by atoms with Gasteiger partial charge < -0.3 is 10.6 Å². The van der Waals surface area contributed by atoms with E-state index in [1.807, 2.05) is 6.07 Å². The number of nitrogens with zero attached hydrogens (tertiary/aromatic N) is 1. The van der Waals surface area contributed by atoms with Crippen LogP contribution in [-0.4, -0.2) is 12.5 Å². The fourth-order valence-corrected chi connectivity index (χ4v) is 1.63. The Morgan fingerprint density at radius 3 is 2.55 bits per heavy atom. The minimum atomic E-state index is -0.331. The molecule has 20 heavy (non-hydrogen) atoms. The second kappa shape index (κ2) is 6.34. The van der Waals surface area contributed by atoms with Crippen LogP contribution >= 0.6 is 0 Å². The number of para-hydroxylation sites is 1. The van der Waals surface area contributed by atoms with Crippen LogP contribution in [0.5, 0.6) is 0 Å². The van der Waals surface area contributed by atoms with Crippen molar-refractivity contribution in [2.75, 3.05) is 17.2 Å². The number of carbonyl (C=O) groups excluding carboxylic acids is 1. The molecule has 0 saturated carbocycles. The van der Waals surface area contributed by atoms with Crippen LogP contribution in [0.4, 0.5) is 15.8 Å². The maximum absolute atomic E-state index is 12.7. The molecule has 0 aliphatic heterocycles. The van der Waals surface area contributed by atoms with Gasteiger partial charge in [0.1, 0.15) is 11.9 Å². The first-order chi connectivity index (χ1) is 9.69. The number of anilines is 2. The number of halogens is 1. The Hall–Kier alpha value is -2.87. The highest BCUT2D eigenvalue weighted by Crippen LogP contribution is 2.13. The average molecular weight is 269 g/mol. The fourth-order valence-electron chi connectivity index (χ4n) is 1.63. The van der Waals surface area contributed by atoms with Crippen molar-refractivity contribution in [1.29, 1.82) is 5.26 Å². The third kappa shape index (κ3) is 3.56. The zero-order valence-electron chi connectivity index (χ0n) is 10.6. The molecule has 2 aromatic rings. The van der Waals surface area contributed by atoms with E-state index in [1.54, 1.807) is 36.4 Å². The molecular weight excluding hydrogens is 257 g/mol. The van der Waals surface area contributed by atoms with E-state index in [0.717, 1.165) is 0 Å². The molecule has 0 saturated heterocycles. The molecule has 100 valence electrons. The van der Waals surface area contributed by atoms with Crippen LogP contribution in [0.15, 0.2) is 48.5 Å². The van der Waals surface area contributed by atoms with Crippen molar-refractivity contribution >= 4 is 17.3 Å². The molecule has 0 spiro atoms. The quantitative estimate of drug-likeness (QED) is 0.897. The van der Waals surface area contributed by atoms with E-state index in [1.165, 1.54) is 12.1 Å². The second-order valence-corrected chi connectivity index (χ2v) is 4.07. The van der Waals surface area contributed by atoms with Crippen molar-refractivity contribution in [3.8, 4) is 6.07 Å². The lowest BCUT2D eigenvalue weighted by atomic mass is 10.2. The van der Waals surface area contributed by atoms with E-state index >= 15 is 0 Å². The average Bonchev–Trinajstić information content (AvgIpc) is 2.47. The molecule has 2 aromatic carbocycles. The largest absolute Gasteiger partial charge is 0.376 e. The summed E-state index contributed by atoms with van der Waals surface area (Å²) in [5, 5.41) is 14.4. The molecule has 0 bridgehead atoms. The number of nitriles is 1. The van der Waals surface area contributed by atoms with Gasteiger partial charge in [-0.3, -0.25) is 4.79 Å². The zero-order chi connectivity index (χ0) is 14.4. The normalized spacial score (nSPS) is 9.60. The monoisotopic (exact) mass is 269 g/mol. The molecule has 0 aromatic heterocycles. The Balaban J connectivity index is 1.93. The van der Waals surface area contributed by atoms with Gasteiger partial charge in [-0.1, -0.05) is 12.1 Å². The Kier molecular flexibility index (Phi) is 4.30. The van der Waals surface area contributed by atoms with Crippen LogP contribution in [0.3, 0.4) is 0 Å². The van der Waals surface area contributed by atoms with Crippen LogP contribution in [0.25, 0.3) is 0 Å². The van der Waals surface area contributed by atoms with Crippen molar-refractivity contribution in [2.24, 2.45) is 0 Å². The summed E-state index contributed by atoms with van der Waals surface area (Å²) < 4.78 is 12.7. The van der Waals surface area contributed by atoms with Gasteiger partial charge in [-0.25, -0.2) is 4.39 Å². The van der Waals surface area contributed by atoms with Gasteiger partial charge in [-0.2, -0.15) is 5.26 Å². The minimum absolute atomic E-state index is 0.0331. The molecule has 0 heterocycles. The number of amides is 1. The summed E-state index contributed by atoms with van der Waals surface area (Å²) >= 11 is 0.